The third kappa shape index (κ3) is 4.49. The first-order valence-corrected chi connectivity index (χ1v) is 8.70. The highest BCUT2D eigenvalue weighted by Crippen LogP contribution is 2.26. The maximum absolute atomic E-state index is 13.6. The molecule has 0 amide bonds. The zero-order valence-corrected chi connectivity index (χ0v) is 16.0. The lowest BCUT2D eigenvalue weighted by atomic mass is 9.81. The number of fused-ring (bicyclic) bond motifs is 1. The van der Waals surface area contributed by atoms with E-state index in [9.17, 15) is 14.0 Å². The molecule has 26 heavy (non-hydrogen) atoms. The Morgan fingerprint density at radius 1 is 1.31 bits per heavy atom. The van der Waals surface area contributed by atoms with Crippen LogP contribution in [0.5, 0.6) is 0 Å². The molecule has 2 atom stereocenters. The number of hydrogen-bond donors (Lipinski definition) is 2. The van der Waals surface area contributed by atoms with Crippen molar-refractivity contribution in [2.24, 2.45) is 11.3 Å². The van der Waals surface area contributed by atoms with E-state index in [1.807, 2.05) is 20.8 Å². The van der Waals surface area contributed by atoms with Crippen LogP contribution in [0.4, 0.5) is 4.39 Å². The largest absolute Gasteiger partial charge is 0.469 e. The van der Waals surface area contributed by atoms with Crippen LogP contribution in [0.2, 0.25) is 0 Å². The Hall–Kier alpha value is -2.21. The number of nitrogens with one attached hydrogen (secondary N) is 2. The number of H-pyrrole nitrogens is 1. The van der Waals surface area contributed by atoms with E-state index in [1.54, 1.807) is 19.3 Å². The van der Waals surface area contributed by atoms with Gasteiger partial charge in [-0.3, -0.25) is 9.59 Å². The lowest BCUT2D eigenvalue weighted by molar-refractivity contribution is -0.147. The van der Waals surface area contributed by atoms with E-state index in [2.05, 4.69) is 10.3 Å². The van der Waals surface area contributed by atoms with Crippen LogP contribution in [0.25, 0.3) is 10.9 Å². The van der Waals surface area contributed by atoms with Gasteiger partial charge >= 0.3 is 5.97 Å². The van der Waals surface area contributed by atoms with Gasteiger partial charge in [-0.1, -0.05) is 20.8 Å². The van der Waals surface area contributed by atoms with Gasteiger partial charge in [0.2, 0.25) is 0 Å². The van der Waals surface area contributed by atoms with Crippen LogP contribution in [0.15, 0.2) is 24.4 Å². The number of carbonyl (C=O) groups excluding carboxylic acids is 2. The van der Waals surface area contributed by atoms with E-state index in [1.165, 1.54) is 19.2 Å². The molecule has 1 aromatic carbocycles. The van der Waals surface area contributed by atoms with Gasteiger partial charge in [0.05, 0.1) is 19.1 Å². The highest BCUT2D eigenvalue weighted by Gasteiger charge is 2.33. The zero-order valence-electron chi connectivity index (χ0n) is 16.0. The van der Waals surface area contributed by atoms with E-state index in [4.69, 9.17) is 4.74 Å². The molecule has 6 heteroatoms. The Bertz CT molecular complexity index is 792. The summed E-state index contributed by atoms with van der Waals surface area (Å²) in [6.45, 7) is 5.92. The number of ether oxygens (including phenoxy) is 1. The minimum atomic E-state index is -0.618. The molecule has 0 fully saturated rings. The molecular formula is C20H27FN2O3. The van der Waals surface area contributed by atoms with Gasteiger partial charge in [-0.05, 0) is 42.6 Å². The Kier molecular flexibility index (Phi) is 6.18. The molecule has 5 nitrogen and oxygen atoms in total. The fraction of sp³-hybridized carbons (Fsp3) is 0.500. The molecule has 1 aromatic heterocycles. The van der Waals surface area contributed by atoms with Crippen molar-refractivity contribution < 1.29 is 18.7 Å². The van der Waals surface area contributed by atoms with Gasteiger partial charge in [0.1, 0.15) is 5.82 Å². The van der Waals surface area contributed by atoms with E-state index in [0.29, 0.717) is 11.8 Å². The van der Waals surface area contributed by atoms with Crippen LogP contribution < -0.4 is 5.32 Å². The molecule has 0 saturated carbocycles. The predicted octanol–water partition coefficient (Wildman–Crippen LogP) is 3.23. The molecule has 142 valence electrons. The maximum atomic E-state index is 13.6. The average Bonchev–Trinajstić information content (AvgIpc) is 2.95. The molecular weight excluding hydrogens is 335 g/mol. The van der Waals surface area contributed by atoms with Gasteiger partial charge < -0.3 is 15.0 Å². The van der Waals surface area contributed by atoms with Crippen molar-refractivity contribution in [3.05, 3.63) is 35.8 Å². The molecule has 0 bridgehead atoms. The predicted molar refractivity (Wildman–Crippen MR) is 99.4 cm³/mol. The summed E-state index contributed by atoms with van der Waals surface area (Å²) in [5.41, 5.74) is 1.31. The number of halogens is 1. The third-order valence-electron chi connectivity index (χ3n) is 4.65. The number of hydrogen-bond acceptors (Lipinski definition) is 4. The molecule has 0 saturated heterocycles. The number of methoxy groups -OCH3 is 1. The molecule has 1 unspecified atom stereocenters. The fourth-order valence-electron chi connectivity index (χ4n) is 3.43. The molecule has 2 rings (SSSR count). The monoisotopic (exact) mass is 362 g/mol. The SMILES string of the molecule is CN[C@H](C(=O)CC(Cc1c[nH]c2ccc(F)cc12)C(=O)OC)C(C)(C)C. The molecule has 0 spiro atoms. The second kappa shape index (κ2) is 7.99. The van der Waals surface area contributed by atoms with Crippen LogP contribution >= 0.6 is 0 Å². The number of aromatic nitrogens is 1. The Morgan fingerprint density at radius 2 is 2.00 bits per heavy atom. The molecule has 1 heterocycles. The number of aromatic amines is 1. The van der Waals surface area contributed by atoms with Crippen LogP contribution in [-0.4, -0.2) is 36.9 Å². The van der Waals surface area contributed by atoms with Gasteiger partial charge in [-0.2, -0.15) is 0 Å². The second-order valence-corrected chi connectivity index (χ2v) is 7.69. The number of likely N-dealkylation sites (N-methyl/N-ethyl adjacent to an activating group) is 1. The van der Waals surface area contributed by atoms with Crippen molar-refractivity contribution in [3.63, 3.8) is 0 Å². The highest BCUT2D eigenvalue weighted by atomic mass is 19.1. The average molecular weight is 362 g/mol. The summed E-state index contributed by atoms with van der Waals surface area (Å²) in [5, 5.41) is 3.76. The van der Waals surface area contributed by atoms with Gasteiger partial charge in [0.25, 0.3) is 0 Å². The Morgan fingerprint density at radius 3 is 2.58 bits per heavy atom. The van der Waals surface area contributed by atoms with E-state index in [-0.39, 0.29) is 29.5 Å². The molecule has 0 aliphatic rings. The molecule has 0 aliphatic carbocycles. The number of carbonyl (C=O) groups is 2. The fourth-order valence-corrected chi connectivity index (χ4v) is 3.43. The summed E-state index contributed by atoms with van der Waals surface area (Å²) in [7, 11) is 3.05. The normalized spacial score (nSPS) is 14.2. The highest BCUT2D eigenvalue weighted by molar-refractivity contribution is 5.89. The smallest absolute Gasteiger partial charge is 0.309 e. The van der Waals surface area contributed by atoms with Crippen molar-refractivity contribution in [3.8, 4) is 0 Å². The lowest BCUT2D eigenvalue weighted by Crippen LogP contribution is -2.45. The number of ketones is 1. The summed E-state index contributed by atoms with van der Waals surface area (Å²) in [6, 6.07) is 4.10. The summed E-state index contributed by atoms with van der Waals surface area (Å²) >= 11 is 0. The Labute approximate surface area is 153 Å². The first-order chi connectivity index (χ1) is 12.2. The van der Waals surface area contributed by atoms with Crippen molar-refractivity contribution in [2.75, 3.05) is 14.2 Å². The van der Waals surface area contributed by atoms with Gasteiger partial charge in [0.15, 0.2) is 5.78 Å². The maximum Gasteiger partial charge on any atom is 0.309 e. The minimum absolute atomic E-state index is 0.0404. The Balaban J connectivity index is 2.26. The number of Topliss-reactive ketones (excluding diaryl/α,β-unsaturated/α-hetero) is 1. The minimum Gasteiger partial charge on any atom is -0.469 e. The number of rotatable bonds is 7. The van der Waals surface area contributed by atoms with Gasteiger partial charge in [-0.15, -0.1) is 0 Å². The summed E-state index contributed by atoms with van der Waals surface area (Å²) in [5.74, 6) is -1.44. The number of esters is 1. The van der Waals surface area contributed by atoms with E-state index >= 15 is 0 Å². The molecule has 0 aliphatic heterocycles. The first-order valence-electron chi connectivity index (χ1n) is 8.70. The van der Waals surface area contributed by atoms with Crippen molar-refractivity contribution >= 4 is 22.7 Å². The quantitative estimate of drug-likeness (QED) is 0.742. The molecule has 2 N–H and O–H groups in total. The van der Waals surface area contributed by atoms with Crippen molar-refractivity contribution in [2.45, 2.75) is 39.7 Å². The third-order valence-corrected chi connectivity index (χ3v) is 4.65. The van der Waals surface area contributed by atoms with E-state index in [0.717, 1.165) is 11.1 Å². The first kappa shape index (κ1) is 20.1. The standard InChI is InChI=1S/C20H27FN2O3/c1-20(2,3)18(22-4)17(24)9-12(19(25)26-5)8-13-11-23-16-7-6-14(21)10-15(13)16/h6-7,10-12,18,22-23H,8-9H2,1-5H3/t12?,18-/m1/s1. The van der Waals surface area contributed by atoms with Crippen molar-refractivity contribution in [1.82, 2.24) is 10.3 Å². The molecule has 2 aromatic rings. The van der Waals surface area contributed by atoms with Crippen LogP contribution in [-0.2, 0) is 20.7 Å². The van der Waals surface area contributed by atoms with Crippen LogP contribution in [0, 0.1) is 17.2 Å². The van der Waals surface area contributed by atoms with Gasteiger partial charge in [-0.25, -0.2) is 4.39 Å². The van der Waals surface area contributed by atoms with E-state index < -0.39 is 11.9 Å². The number of benzene rings is 1. The lowest BCUT2D eigenvalue weighted by Gasteiger charge is -2.30. The zero-order chi connectivity index (χ0) is 19.5. The van der Waals surface area contributed by atoms with Crippen LogP contribution in [0.1, 0.15) is 32.8 Å². The van der Waals surface area contributed by atoms with Crippen molar-refractivity contribution in [1.29, 1.82) is 0 Å². The van der Waals surface area contributed by atoms with Crippen LogP contribution in [0.3, 0.4) is 0 Å². The van der Waals surface area contributed by atoms with Gasteiger partial charge in [0, 0.05) is 23.5 Å². The topological polar surface area (TPSA) is 71.2 Å². The summed E-state index contributed by atoms with van der Waals surface area (Å²) in [6.07, 6.45) is 2.13. The summed E-state index contributed by atoms with van der Waals surface area (Å²) < 4.78 is 18.5. The second-order valence-electron chi connectivity index (χ2n) is 7.69. The molecule has 0 radical (unpaired) electrons. The summed E-state index contributed by atoms with van der Waals surface area (Å²) in [4.78, 5) is 28.1.